The molecule has 9 aromatic rings. The summed E-state index contributed by atoms with van der Waals surface area (Å²) in [5, 5.41) is 4.64. The van der Waals surface area contributed by atoms with Gasteiger partial charge in [-0.15, -0.1) is 0 Å². The van der Waals surface area contributed by atoms with E-state index < -0.39 is 0 Å². The summed E-state index contributed by atoms with van der Waals surface area (Å²) in [6, 6.07) is 48.8. The fourth-order valence-corrected chi connectivity index (χ4v) is 6.34. The lowest BCUT2D eigenvalue weighted by Gasteiger charge is -2.13. The lowest BCUT2D eigenvalue weighted by atomic mass is 10.1. The van der Waals surface area contributed by atoms with Crippen molar-refractivity contribution < 1.29 is 4.42 Å². The number of fused-ring (bicyclic) bond motifs is 8. The molecule has 4 heteroatoms. The van der Waals surface area contributed by atoms with Crippen LogP contribution < -0.4 is 0 Å². The third-order valence-corrected chi connectivity index (χ3v) is 8.12. The molecule has 0 saturated carbocycles. The zero-order valence-corrected chi connectivity index (χ0v) is 22.0. The van der Waals surface area contributed by atoms with Gasteiger partial charge in [-0.3, -0.25) is 4.57 Å². The highest BCUT2D eigenvalue weighted by atomic mass is 16.3. The number of furan rings is 1. The molecule has 0 spiro atoms. The highest BCUT2D eigenvalue weighted by Gasteiger charge is 2.20. The Morgan fingerprint density at radius 2 is 1.17 bits per heavy atom. The first-order chi connectivity index (χ1) is 20.3. The van der Waals surface area contributed by atoms with Crippen LogP contribution in [0.4, 0.5) is 0 Å². The van der Waals surface area contributed by atoms with Crippen molar-refractivity contribution in [1.29, 1.82) is 0 Å². The van der Waals surface area contributed by atoms with Gasteiger partial charge in [-0.05, 0) is 48.5 Å². The maximum atomic E-state index is 6.56. The van der Waals surface area contributed by atoms with Crippen LogP contribution in [0.25, 0.3) is 77.5 Å². The van der Waals surface area contributed by atoms with Gasteiger partial charge in [0.25, 0.3) is 0 Å². The molecule has 0 unspecified atom stereocenters. The molecule has 0 bridgehead atoms. The number of hydrogen-bond donors (Lipinski definition) is 0. The van der Waals surface area contributed by atoms with Crippen molar-refractivity contribution in [2.75, 3.05) is 0 Å². The predicted molar refractivity (Wildman–Crippen MR) is 168 cm³/mol. The maximum absolute atomic E-state index is 6.56. The molecule has 0 amide bonds. The molecule has 0 aliphatic carbocycles. The van der Waals surface area contributed by atoms with E-state index in [0.29, 0.717) is 0 Å². The Bertz CT molecular complexity index is 2420. The van der Waals surface area contributed by atoms with Crippen LogP contribution in [-0.4, -0.2) is 14.1 Å². The van der Waals surface area contributed by atoms with Crippen LogP contribution in [-0.2, 0) is 0 Å². The van der Waals surface area contributed by atoms with Crippen molar-refractivity contribution in [2.45, 2.75) is 0 Å². The van der Waals surface area contributed by atoms with Crippen molar-refractivity contribution in [1.82, 2.24) is 14.1 Å². The molecule has 0 aliphatic rings. The lowest BCUT2D eigenvalue weighted by Crippen LogP contribution is -2.00. The molecule has 6 aromatic carbocycles. The summed E-state index contributed by atoms with van der Waals surface area (Å²) in [6.45, 7) is 0. The Hall–Kier alpha value is -5.61. The standard InChI is InChI=1S/C37H23N3O/c1-2-11-24(12-3-1)37-38-31-17-6-8-19-33(31)40(37)26-14-10-13-25(23-26)39-32-18-7-4-15-27(32)29-21-22-30-28-16-5-9-20-34(28)41-36(30)35(29)39/h1-23H. The van der Waals surface area contributed by atoms with Crippen LogP contribution in [0.5, 0.6) is 0 Å². The highest BCUT2D eigenvalue weighted by Crippen LogP contribution is 2.40. The van der Waals surface area contributed by atoms with Crippen molar-refractivity contribution in [3.8, 4) is 22.8 Å². The topological polar surface area (TPSA) is 35.9 Å². The second-order valence-corrected chi connectivity index (χ2v) is 10.4. The zero-order valence-electron chi connectivity index (χ0n) is 22.0. The Balaban J connectivity index is 1.37. The highest BCUT2D eigenvalue weighted by molar-refractivity contribution is 6.21. The number of aromatic nitrogens is 3. The molecule has 0 saturated heterocycles. The van der Waals surface area contributed by atoms with E-state index in [9.17, 15) is 0 Å². The Labute approximate surface area is 235 Å². The summed E-state index contributed by atoms with van der Waals surface area (Å²) in [7, 11) is 0. The fourth-order valence-electron chi connectivity index (χ4n) is 6.34. The third kappa shape index (κ3) is 3.19. The number of imidazole rings is 1. The van der Waals surface area contributed by atoms with Crippen molar-refractivity contribution in [3.63, 3.8) is 0 Å². The van der Waals surface area contributed by atoms with Crippen molar-refractivity contribution in [2.24, 2.45) is 0 Å². The summed E-state index contributed by atoms with van der Waals surface area (Å²) in [6.07, 6.45) is 0. The fraction of sp³-hybridized carbons (Fsp3) is 0. The van der Waals surface area contributed by atoms with Crippen LogP contribution in [0.15, 0.2) is 144 Å². The Kier molecular flexibility index (Phi) is 4.58. The third-order valence-electron chi connectivity index (χ3n) is 8.12. The Morgan fingerprint density at radius 1 is 0.488 bits per heavy atom. The van der Waals surface area contributed by atoms with E-state index in [-0.39, 0.29) is 0 Å². The minimum atomic E-state index is 0.901. The second kappa shape index (κ2) is 8.44. The maximum Gasteiger partial charge on any atom is 0.160 e. The van der Waals surface area contributed by atoms with Gasteiger partial charge in [-0.2, -0.15) is 0 Å². The molecule has 0 radical (unpaired) electrons. The molecule has 0 fully saturated rings. The molecular formula is C37H23N3O. The van der Waals surface area contributed by atoms with Gasteiger partial charge in [0.2, 0.25) is 0 Å². The van der Waals surface area contributed by atoms with E-state index in [1.165, 1.54) is 10.8 Å². The monoisotopic (exact) mass is 525 g/mol. The van der Waals surface area contributed by atoms with Crippen LogP contribution in [0.2, 0.25) is 0 Å². The number of rotatable bonds is 3. The van der Waals surface area contributed by atoms with Crippen LogP contribution in [0, 0.1) is 0 Å². The number of hydrogen-bond acceptors (Lipinski definition) is 2. The van der Waals surface area contributed by atoms with Gasteiger partial charge >= 0.3 is 0 Å². The van der Waals surface area contributed by atoms with E-state index in [0.717, 1.165) is 66.8 Å². The lowest BCUT2D eigenvalue weighted by molar-refractivity contribution is 0.671. The summed E-state index contributed by atoms with van der Waals surface area (Å²) in [4.78, 5) is 5.06. The first kappa shape index (κ1) is 22.2. The average molecular weight is 526 g/mol. The van der Waals surface area contributed by atoms with E-state index in [2.05, 4.69) is 124 Å². The summed E-state index contributed by atoms with van der Waals surface area (Å²) < 4.78 is 11.2. The zero-order chi connectivity index (χ0) is 26.9. The summed E-state index contributed by atoms with van der Waals surface area (Å²) in [5.74, 6) is 0.922. The van der Waals surface area contributed by atoms with Gasteiger partial charge in [0.1, 0.15) is 11.4 Å². The van der Waals surface area contributed by atoms with Crippen LogP contribution >= 0.6 is 0 Å². The first-order valence-electron chi connectivity index (χ1n) is 13.8. The molecule has 192 valence electrons. The molecular weight excluding hydrogens is 502 g/mol. The predicted octanol–water partition coefficient (Wildman–Crippen LogP) is 9.69. The van der Waals surface area contributed by atoms with E-state index in [4.69, 9.17) is 9.40 Å². The van der Waals surface area contributed by atoms with Gasteiger partial charge in [-0.1, -0.05) is 91.0 Å². The quantitative estimate of drug-likeness (QED) is 0.230. The van der Waals surface area contributed by atoms with Gasteiger partial charge < -0.3 is 8.98 Å². The van der Waals surface area contributed by atoms with Gasteiger partial charge in [0.05, 0.1) is 22.1 Å². The molecule has 0 aliphatic heterocycles. The summed E-state index contributed by atoms with van der Waals surface area (Å²) >= 11 is 0. The first-order valence-corrected chi connectivity index (χ1v) is 13.8. The molecule has 41 heavy (non-hydrogen) atoms. The minimum absolute atomic E-state index is 0.901. The number of benzene rings is 6. The largest absolute Gasteiger partial charge is 0.454 e. The normalized spacial score (nSPS) is 11.9. The molecule has 0 atom stereocenters. The smallest absolute Gasteiger partial charge is 0.160 e. The molecule has 3 heterocycles. The van der Waals surface area contributed by atoms with Gasteiger partial charge in [0, 0.05) is 38.5 Å². The number of nitrogens with zero attached hydrogens (tertiary/aromatic N) is 3. The van der Waals surface area contributed by atoms with Crippen LogP contribution in [0.3, 0.4) is 0 Å². The van der Waals surface area contributed by atoms with E-state index >= 15 is 0 Å². The Morgan fingerprint density at radius 3 is 2.05 bits per heavy atom. The van der Waals surface area contributed by atoms with Gasteiger partial charge in [-0.25, -0.2) is 4.98 Å². The van der Waals surface area contributed by atoms with E-state index in [1.54, 1.807) is 0 Å². The van der Waals surface area contributed by atoms with Crippen molar-refractivity contribution in [3.05, 3.63) is 140 Å². The molecule has 9 rings (SSSR count). The molecule has 3 aromatic heterocycles. The SMILES string of the molecule is c1ccc(-c2nc3ccccc3n2-c2cccc(-n3c4ccccc4c4ccc5c6ccccc6oc5c43)c2)cc1. The molecule has 4 nitrogen and oxygen atoms in total. The van der Waals surface area contributed by atoms with Crippen molar-refractivity contribution >= 4 is 54.8 Å². The summed E-state index contributed by atoms with van der Waals surface area (Å²) in [5.41, 5.74) is 9.28. The van der Waals surface area contributed by atoms with E-state index in [1.807, 2.05) is 24.3 Å². The average Bonchev–Trinajstić information content (AvgIpc) is 3.71. The second-order valence-electron chi connectivity index (χ2n) is 10.4. The van der Waals surface area contributed by atoms with Gasteiger partial charge in [0.15, 0.2) is 5.58 Å². The minimum Gasteiger partial charge on any atom is -0.454 e. The molecule has 0 N–H and O–H groups in total. The van der Waals surface area contributed by atoms with Crippen LogP contribution in [0.1, 0.15) is 0 Å². The number of para-hydroxylation sites is 4.